The van der Waals surface area contributed by atoms with Crippen LogP contribution in [0.25, 0.3) is 11.0 Å². The molecule has 156 valence electrons. The first kappa shape index (κ1) is 19.9. The molecular weight excluding hydrogens is 384 g/mol. The Bertz CT molecular complexity index is 1170. The van der Waals surface area contributed by atoms with Crippen molar-refractivity contribution in [3.05, 3.63) is 52.2 Å². The highest BCUT2D eigenvalue weighted by molar-refractivity contribution is 5.94. The van der Waals surface area contributed by atoms with Gasteiger partial charge >= 0.3 is 0 Å². The number of methoxy groups -OCH3 is 2. The molecule has 3 aromatic rings. The zero-order valence-electron chi connectivity index (χ0n) is 17.3. The van der Waals surface area contributed by atoms with Gasteiger partial charge in [-0.3, -0.25) is 14.2 Å². The summed E-state index contributed by atoms with van der Waals surface area (Å²) in [5, 5.41) is 3.26. The zero-order chi connectivity index (χ0) is 21.3. The molecule has 0 unspecified atom stereocenters. The third-order valence-electron chi connectivity index (χ3n) is 5.50. The lowest BCUT2D eigenvalue weighted by molar-refractivity contribution is -0.118. The monoisotopic (exact) mass is 408 g/mol. The molecule has 0 fully saturated rings. The highest BCUT2D eigenvalue weighted by Gasteiger charge is 2.20. The van der Waals surface area contributed by atoms with Gasteiger partial charge in [0.2, 0.25) is 5.91 Å². The summed E-state index contributed by atoms with van der Waals surface area (Å²) in [6.45, 7) is 1.66. The Kier molecular flexibility index (Phi) is 5.39. The fraction of sp³-hybridized carbons (Fsp3) is 0.364. The predicted octanol–water partition coefficient (Wildman–Crippen LogP) is 2.89. The number of aryl methyl sites for hydroxylation is 2. The Morgan fingerprint density at radius 3 is 2.67 bits per heavy atom. The number of hydrogen-bond donors (Lipinski definition) is 1. The maximum atomic E-state index is 13.1. The molecule has 8 heteroatoms. The van der Waals surface area contributed by atoms with E-state index in [4.69, 9.17) is 9.47 Å². The van der Waals surface area contributed by atoms with E-state index in [1.54, 1.807) is 32.2 Å². The average molecular weight is 408 g/mol. The number of nitrogens with one attached hydrogen (secondary N) is 1. The number of rotatable bonds is 5. The van der Waals surface area contributed by atoms with Crippen LogP contribution in [-0.4, -0.2) is 34.7 Å². The van der Waals surface area contributed by atoms with Crippen LogP contribution in [0.15, 0.2) is 35.4 Å². The minimum absolute atomic E-state index is 0.268. The van der Waals surface area contributed by atoms with Crippen LogP contribution >= 0.6 is 0 Å². The Morgan fingerprint density at radius 2 is 1.90 bits per heavy atom. The molecule has 0 saturated heterocycles. The topological polar surface area (TPSA) is 95.3 Å². The second kappa shape index (κ2) is 8.14. The van der Waals surface area contributed by atoms with Gasteiger partial charge in [0, 0.05) is 17.4 Å². The molecule has 0 saturated carbocycles. The van der Waals surface area contributed by atoms with Crippen molar-refractivity contribution in [1.29, 1.82) is 0 Å². The van der Waals surface area contributed by atoms with Crippen molar-refractivity contribution in [1.82, 2.24) is 14.5 Å². The first-order chi connectivity index (χ1) is 14.5. The maximum Gasteiger partial charge on any atom is 0.263 e. The highest BCUT2D eigenvalue weighted by atomic mass is 16.5. The van der Waals surface area contributed by atoms with E-state index in [-0.39, 0.29) is 11.5 Å². The first-order valence-corrected chi connectivity index (χ1v) is 9.94. The lowest BCUT2D eigenvalue weighted by Crippen LogP contribution is -2.32. The molecule has 0 spiro atoms. The Morgan fingerprint density at radius 1 is 1.13 bits per heavy atom. The summed E-state index contributed by atoms with van der Waals surface area (Å²) in [7, 11) is 3.07. The Balaban J connectivity index is 1.62. The van der Waals surface area contributed by atoms with Gasteiger partial charge in [0.25, 0.3) is 5.56 Å². The van der Waals surface area contributed by atoms with Crippen LogP contribution in [0.2, 0.25) is 0 Å². The number of carbonyl (C=O) groups is 1. The molecule has 30 heavy (non-hydrogen) atoms. The number of anilines is 1. The number of nitrogens with zero attached hydrogens (tertiary/aromatic N) is 3. The van der Waals surface area contributed by atoms with Gasteiger partial charge in [-0.05, 0) is 56.4 Å². The molecule has 2 aromatic heterocycles. The molecule has 1 atom stereocenters. The van der Waals surface area contributed by atoms with Crippen molar-refractivity contribution >= 4 is 22.6 Å². The molecule has 4 rings (SSSR count). The summed E-state index contributed by atoms with van der Waals surface area (Å²) in [6, 6.07) is 6.22. The Labute approximate surface area is 173 Å². The van der Waals surface area contributed by atoms with Crippen molar-refractivity contribution in [2.24, 2.45) is 0 Å². The van der Waals surface area contributed by atoms with Crippen LogP contribution < -0.4 is 20.3 Å². The standard InChI is InChI=1S/C22H24N4O4/c1-13(21(27)24-15-8-9-18(29-2)19(11-15)30-3)26-12-23-20-16(22(26)28)10-14-6-4-5-7-17(14)25-20/h8-13H,4-7H2,1-3H3,(H,24,27)/t13-/m0/s1. The van der Waals surface area contributed by atoms with Crippen LogP contribution in [0.3, 0.4) is 0 Å². The number of amides is 1. The van der Waals surface area contributed by atoms with Gasteiger partial charge in [-0.2, -0.15) is 0 Å². The maximum absolute atomic E-state index is 13.1. The molecule has 1 aliphatic carbocycles. The number of pyridine rings is 1. The highest BCUT2D eigenvalue weighted by Crippen LogP contribution is 2.30. The molecule has 2 heterocycles. The zero-order valence-corrected chi connectivity index (χ0v) is 17.3. The minimum atomic E-state index is -0.751. The molecule has 0 radical (unpaired) electrons. The molecule has 1 aromatic carbocycles. The van der Waals surface area contributed by atoms with Gasteiger partial charge in [-0.25, -0.2) is 9.97 Å². The summed E-state index contributed by atoms with van der Waals surface area (Å²) >= 11 is 0. The predicted molar refractivity (Wildman–Crippen MR) is 113 cm³/mol. The summed E-state index contributed by atoms with van der Waals surface area (Å²) < 4.78 is 11.8. The fourth-order valence-corrected chi connectivity index (χ4v) is 3.75. The van der Waals surface area contributed by atoms with Gasteiger partial charge in [0.15, 0.2) is 17.1 Å². The second-order valence-corrected chi connectivity index (χ2v) is 7.36. The van der Waals surface area contributed by atoms with Crippen molar-refractivity contribution in [2.75, 3.05) is 19.5 Å². The molecule has 1 aliphatic rings. The van der Waals surface area contributed by atoms with Crippen LogP contribution in [-0.2, 0) is 17.6 Å². The van der Waals surface area contributed by atoms with E-state index >= 15 is 0 Å². The second-order valence-electron chi connectivity index (χ2n) is 7.36. The van der Waals surface area contributed by atoms with Crippen LogP contribution in [0.5, 0.6) is 11.5 Å². The van der Waals surface area contributed by atoms with Gasteiger partial charge < -0.3 is 14.8 Å². The summed E-state index contributed by atoms with van der Waals surface area (Å²) in [5.41, 5.74) is 2.84. The van der Waals surface area contributed by atoms with Crippen molar-refractivity contribution in [3.63, 3.8) is 0 Å². The van der Waals surface area contributed by atoms with E-state index in [0.717, 1.165) is 36.9 Å². The third kappa shape index (κ3) is 3.60. The molecule has 8 nitrogen and oxygen atoms in total. The molecular formula is C22H24N4O4. The van der Waals surface area contributed by atoms with Gasteiger partial charge in [0.1, 0.15) is 12.4 Å². The van der Waals surface area contributed by atoms with Crippen molar-refractivity contribution < 1.29 is 14.3 Å². The molecule has 1 amide bonds. The average Bonchev–Trinajstić information content (AvgIpc) is 2.77. The molecule has 0 aliphatic heterocycles. The first-order valence-electron chi connectivity index (χ1n) is 9.94. The molecule has 1 N–H and O–H groups in total. The Hall–Kier alpha value is -3.42. The smallest absolute Gasteiger partial charge is 0.263 e. The van der Waals surface area contributed by atoms with Crippen molar-refractivity contribution in [3.8, 4) is 11.5 Å². The normalized spacial score (nSPS) is 14.1. The summed E-state index contributed by atoms with van der Waals surface area (Å²) in [4.78, 5) is 34.8. The van der Waals surface area contributed by atoms with E-state index in [0.29, 0.717) is 28.2 Å². The van der Waals surface area contributed by atoms with Gasteiger partial charge in [0.05, 0.1) is 19.6 Å². The van der Waals surface area contributed by atoms with E-state index in [1.165, 1.54) is 18.0 Å². The van der Waals surface area contributed by atoms with Crippen LogP contribution in [0.1, 0.15) is 37.1 Å². The SMILES string of the molecule is COc1ccc(NC(=O)[C@H](C)n2cnc3nc4c(cc3c2=O)CCCC4)cc1OC. The van der Waals surface area contributed by atoms with E-state index in [1.807, 2.05) is 6.07 Å². The number of hydrogen-bond acceptors (Lipinski definition) is 6. The summed E-state index contributed by atoms with van der Waals surface area (Å²) in [6.07, 6.45) is 5.43. The van der Waals surface area contributed by atoms with E-state index in [9.17, 15) is 9.59 Å². The summed E-state index contributed by atoms with van der Waals surface area (Å²) in [5.74, 6) is 0.731. The van der Waals surface area contributed by atoms with Gasteiger partial charge in [-0.15, -0.1) is 0 Å². The third-order valence-corrected chi connectivity index (χ3v) is 5.50. The lowest BCUT2D eigenvalue weighted by atomic mass is 9.95. The quantitative estimate of drug-likeness (QED) is 0.698. The number of benzene rings is 1. The van der Waals surface area contributed by atoms with Crippen LogP contribution in [0, 0.1) is 0 Å². The molecule has 0 bridgehead atoms. The number of carbonyl (C=O) groups excluding carboxylic acids is 1. The lowest BCUT2D eigenvalue weighted by Gasteiger charge is -2.18. The minimum Gasteiger partial charge on any atom is -0.493 e. The van der Waals surface area contributed by atoms with E-state index < -0.39 is 6.04 Å². The van der Waals surface area contributed by atoms with Crippen molar-refractivity contribution in [2.45, 2.75) is 38.6 Å². The number of fused-ring (bicyclic) bond motifs is 2. The largest absolute Gasteiger partial charge is 0.493 e. The number of ether oxygens (including phenoxy) is 2. The van der Waals surface area contributed by atoms with Gasteiger partial charge in [-0.1, -0.05) is 0 Å². The fourth-order valence-electron chi connectivity index (χ4n) is 3.75. The van der Waals surface area contributed by atoms with Crippen LogP contribution in [0.4, 0.5) is 5.69 Å². The number of aromatic nitrogens is 3. The van der Waals surface area contributed by atoms with E-state index in [2.05, 4.69) is 15.3 Å².